The quantitative estimate of drug-likeness (QED) is 0.738. The van der Waals surface area contributed by atoms with Gasteiger partial charge < -0.3 is 15.3 Å². The third kappa shape index (κ3) is 1.71. The SMILES string of the molecule is Cc1cccc2c(-c3cn(CCN)cn3)c[nH]c12. The molecule has 0 unspecified atom stereocenters. The van der Waals surface area contributed by atoms with Crippen LogP contribution in [-0.4, -0.2) is 21.1 Å². The van der Waals surface area contributed by atoms with Crippen molar-refractivity contribution in [3.05, 3.63) is 42.5 Å². The smallest absolute Gasteiger partial charge is 0.0954 e. The van der Waals surface area contributed by atoms with E-state index in [4.69, 9.17) is 5.73 Å². The first kappa shape index (κ1) is 11.0. The van der Waals surface area contributed by atoms with E-state index in [-0.39, 0.29) is 0 Å². The maximum absolute atomic E-state index is 5.54. The van der Waals surface area contributed by atoms with Crippen LogP contribution in [0.1, 0.15) is 5.56 Å². The number of aromatic amines is 1. The van der Waals surface area contributed by atoms with Crippen LogP contribution in [0.5, 0.6) is 0 Å². The zero-order valence-electron chi connectivity index (χ0n) is 10.4. The number of nitrogens with zero attached hydrogens (tertiary/aromatic N) is 2. The summed E-state index contributed by atoms with van der Waals surface area (Å²) in [4.78, 5) is 7.77. The Labute approximate surface area is 105 Å². The number of hydrogen-bond acceptors (Lipinski definition) is 2. The zero-order valence-corrected chi connectivity index (χ0v) is 10.4. The Bertz CT molecular complexity index is 678. The monoisotopic (exact) mass is 240 g/mol. The lowest BCUT2D eigenvalue weighted by Crippen LogP contribution is -2.07. The molecule has 0 atom stereocenters. The highest BCUT2D eigenvalue weighted by molar-refractivity contribution is 5.96. The fraction of sp³-hybridized carbons (Fsp3) is 0.214. The minimum absolute atomic E-state index is 0.628. The molecule has 2 heterocycles. The predicted molar refractivity (Wildman–Crippen MR) is 73.3 cm³/mol. The largest absolute Gasteiger partial charge is 0.360 e. The molecular weight excluding hydrogens is 224 g/mol. The molecule has 0 radical (unpaired) electrons. The van der Waals surface area contributed by atoms with Crippen molar-refractivity contribution < 1.29 is 0 Å². The molecule has 3 N–H and O–H groups in total. The topological polar surface area (TPSA) is 59.6 Å². The van der Waals surface area contributed by atoms with Crippen LogP contribution in [-0.2, 0) is 6.54 Å². The van der Waals surface area contributed by atoms with Crippen molar-refractivity contribution in [1.29, 1.82) is 0 Å². The molecular formula is C14H16N4. The van der Waals surface area contributed by atoms with E-state index in [0.29, 0.717) is 6.54 Å². The highest BCUT2D eigenvalue weighted by Gasteiger charge is 2.09. The van der Waals surface area contributed by atoms with Gasteiger partial charge in [0.25, 0.3) is 0 Å². The normalized spacial score (nSPS) is 11.2. The number of H-pyrrole nitrogens is 1. The second-order valence-electron chi connectivity index (χ2n) is 4.49. The molecule has 18 heavy (non-hydrogen) atoms. The van der Waals surface area contributed by atoms with Crippen molar-refractivity contribution >= 4 is 10.9 Å². The number of aromatic nitrogens is 3. The van der Waals surface area contributed by atoms with Gasteiger partial charge in [-0.2, -0.15) is 0 Å². The molecule has 0 bridgehead atoms. The lowest BCUT2D eigenvalue weighted by atomic mass is 10.1. The van der Waals surface area contributed by atoms with Crippen molar-refractivity contribution in [1.82, 2.24) is 14.5 Å². The maximum atomic E-state index is 5.54. The van der Waals surface area contributed by atoms with E-state index in [1.807, 2.05) is 23.3 Å². The third-order valence-electron chi connectivity index (χ3n) is 3.22. The Morgan fingerprint density at radius 1 is 1.39 bits per heavy atom. The van der Waals surface area contributed by atoms with Crippen LogP contribution in [0.25, 0.3) is 22.2 Å². The number of nitrogens with two attached hydrogens (primary N) is 1. The fourth-order valence-electron chi connectivity index (χ4n) is 2.29. The first-order valence-electron chi connectivity index (χ1n) is 6.08. The molecule has 0 aliphatic carbocycles. The molecule has 0 fully saturated rings. The van der Waals surface area contributed by atoms with E-state index >= 15 is 0 Å². The highest BCUT2D eigenvalue weighted by Crippen LogP contribution is 2.28. The van der Waals surface area contributed by atoms with Gasteiger partial charge in [0.05, 0.1) is 12.0 Å². The molecule has 2 aromatic heterocycles. The number of para-hydroxylation sites is 1. The molecule has 4 nitrogen and oxygen atoms in total. The number of hydrogen-bond donors (Lipinski definition) is 2. The minimum atomic E-state index is 0.628. The summed E-state index contributed by atoms with van der Waals surface area (Å²) in [6.07, 6.45) is 5.89. The van der Waals surface area contributed by atoms with Gasteiger partial charge in [-0.05, 0) is 12.5 Å². The highest BCUT2D eigenvalue weighted by atomic mass is 15.0. The van der Waals surface area contributed by atoms with Gasteiger partial charge in [0.2, 0.25) is 0 Å². The number of benzene rings is 1. The summed E-state index contributed by atoms with van der Waals surface area (Å²) in [6.45, 7) is 3.53. The van der Waals surface area contributed by atoms with Gasteiger partial charge in [-0.1, -0.05) is 18.2 Å². The lowest BCUT2D eigenvalue weighted by molar-refractivity contribution is 0.708. The minimum Gasteiger partial charge on any atom is -0.360 e. The average molecular weight is 240 g/mol. The molecule has 0 saturated heterocycles. The van der Waals surface area contributed by atoms with Gasteiger partial charge in [-0.3, -0.25) is 0 Å². The Morgan fingerprint density at radius 3 is 3.11 bits per heavy atom. The van der Waals surface area contributed by atoms with Crippen LogP contribution >= 0.6 is 0 Å². The molecule has 0 aliphatic rings. The molecule has 92 valence electrons. The van der Waals surface area contributed by atoms with Crippen LogP contribution in [0.4, 0.5) is 0 Å². The van der Waals surface area contributed by atoms with E-state index in [2.05, 4.69) is 35.1 Å². The summed E-state index contributed by atoms with van der Waals surface area (Å²) >= 11 is 0. The van der Waals surface area contributed by atoms with Gasteiger partial charge in [0, 0.05) is 41.9 Å². The second-order valence-corrected chi connectivity index (χ2v) is 4.49. The van der Waals surface area contributed by atoms with Gasteiger partial charge in [-0.15, -0.1) is 0 Å². The molecule has 0 saturated carbocycles. The Balaban J connectivity index is 2.10. The first-order valence-corrected chi connectivity index (χ1v) is 6.08. The van der Waals surface area contributed by atoms with Crippen LogP contribution in [0, 0.1) is 6.92 Å². The van der Waals surface area contributed by atoms with Gasteiger partial charge in [0.1, 0.15) is 0 Å². The van der Waals surface area contributed by atoms with Crippen molar-refractivity contribution in [2.24, 2.45) is 5.73 Å². The van der Waals surface area contributed by atoms with Crippen molar-refractivity contribution in [2.45, 2.75) is 13.5 Å². The lowest BCUT2D eigenvalue weighted by Gasteiger charge is -1.97. The molecule has 0 aliphatic heterocycles. The number of aryl methyl sites for hydroxylation is 1. The summed E-state index contributed by atoms with van der Waals surface area (Å²) in [5.74, 6) is 0. The molecule has 3 rings (SSSR count). The van der Waals surface area contributed by atoms with Crippen molar-refractivity contribution in [2.75, 3.05) is 6.54 Å². The number of fused-ring (bicyclic) bond motifs is 1. The van der Waals surface area contributed by atoms with Crippen LogP contribution in [0.3, 0.4) is 0 Å². The summed E-state index contributed by atoms with van der Waals surface area (Å²) in [7, 11) is 0. The second kappa shape index (κ2) is 4.31. The Kier molecular flexibility index (Phi) is 2.64. The van der Waals surface area contributed by atoms with Gasteiger partial charge >= 0.3 is 0 Å². The molecule has 0 spiro atoms. The first-order chi connectivity index (χ1) is 8.79. The van der Waals surface area contributed by atoms with Gasteiger partial charge in [-0.25, -0.2) is 4.98 Å². The van der Waals surface area contributed by atoms with E-state index in [1.165, 1.54) is 16.5 Å². The number of nitrogens with one attached hydrogen (secondary N) is 1. The summed E-state index contributed by atoms with van der Waals surface area (Å²) in [5.41, 5.74) is 10.1. The predicted octanol–water partition coefficient (Wildman–Crippen LogP) is 2.30. The summed E-state index contributed by atoms with van der Waals surface area (Å²) in [6, 6.07) is 6.30. The van der Waals surface area contributed by atoms with E-state index < -0.39 is 0 Å². The number of rotatable bonds is 3. The average Bonchev–Trinajstić information content (AvgIpc) is 2.96. The van der Waals surface area contributed by atoms with Gasteiger partial charge in [0.15, 0.2) is 0 Å². The van der Waals surface area contributed by atoms with E-state index in [9.17, 15) is 0 Å². The third-order valence-corrected chi connectivity index (χ3v) is 3.22. The maximum Gasteiger partial charge on any atom is 0.0954 e. The van der Waals surface area contributed by atoms with E-state index in [0.717, 1.165) is 17.8 Å². The summed E-state index contributed by atoms with van der Waals surface area (Å²) < 4.78 is 2.02. The molecule has 4 heteroatoms. The van der Waals surface area contributed by atoms with E-state index in [1.54, 1.807) is 0 Å². The molecule has 1 aromatic carbocycles. The van der Waals surface area contributed by atoms with Crippen LogP contribution < -0.4 is 5.73 Å². The van der Waals surface area contributed by atoms with Crippen LogP contribution in [0.2, 0.25) is 0 Å². The summed E-state index contributed by atoms with van der Waals surface area (Å²) in [5, 5.41) is 1.22. The standard InChI is InChI=1S/C14H16N4/c1-10-3-2-4-11-12(7-16-14(10)11)13-8-18(6-5-15)9-17-13/h2-4,7-9,16H,5-6,15H2,1H3. The van der Waals surface area contributed by atoms with Crippen molar-refractivity contribution in [3.8, 4) is 11.3 Å². The van der Waals surface area contributed by atoms with Crippen molar-refractivity contribution in [3.63, 3.8) is 0 Å². The Morgan fingerprint density at radius 2 is 2.28 bits per heavy atom. The van der Waals surface area contributed by atoms with Crippen LogP contribution in [0.15, 0.2) is 36.9 Å². The molecule has 0 amide bonds. The number of imidazole rings is 1. The Hall–Kier alpha value is -2.07. The fourth-order valence-corrected chi connectivity index (χ4v) is 2.29. The zero-order chi connectivity index (χ0) is 12.5. The molecule has 3 aromatic rings.